The second-order valence-corrected chi connectivity index (χ2v) is 10.4. The molecule has 0 aromatic heterocycles. The SMILES string of the molecule is COc1ccc(C[C@H](CN2CCN(C(=O)O)CC2)N(C)S(=O)(=O)c2ccc(OCCN)cc2)cc1. The minimum Gasteiger partial charge on any atom is -0.497 e. The number of hydrogen-bond donors (Lipinski definition) is 2. The Morgan fingerprint density at radius 2 is 1.66 bits per heavy atom. The highest BCUT2D eigenvalue weighted by atomic mass is 32.2. The Morgan fingerprint density at radius 1 is 1.06 bits per heavy atom. The summed E-state index contributed by atoms with van der Waals surface area (Å²) < 4.78 is 39.1. The maximum atomic E-state index is 13.5. The first-order valence-corrected chi connectivity index (χ1v) is 12.9. The molecule has 1 fully saturated rings. The summed E-state index contributed by atoms with van der Waals surface area (Å²) in [6, 6.07) is 13.5. The van der Waals surface area contributed by atoms with Crippen LogP contribution in [0.5, 0.6) is 11.5 Å². The summed E-state index contributed by atoms with van der Waals surface area (Å²) in [5, 5.41) is 9.23. The van der Waals surface area contributed by atoms with Gasteiger partial charge in [-0.05, 0) is 48.4 Å². The molecule has 1 amide bonds. The van der Waals surface area contributed by atoms with Crippen molar-refractivity contribution < 1.29 is 27.8 Å². The van der Waals surface area contributed by atoms with E-state index in [4.69, 9.17) is 15.2 Å². The third kappa shape index (κ3) is 7.07. The Balaban J connectivity index is 1.79. The molecule has 3 N–H and O–H groups in total. The van der Waals surface area contributed by atoms with Gasteiger partial charge in [0.25, 0.3) is 0 Å². The van der Waals surface area contributed by atoms with Crippen LogP contribution >= 0.6 is 0 Å². The number of piperazine rings is 1. The van der Waals surface area contributed by atoms with Gasteiger partial charge in [0.15, 0.2) is 0 Å². The lowest BCUT2D eigenvalue weighted by atomic mass is 10.0. The normalized spacial score (nSPS) is 15.7. The number of carboxylic acid groups (broad SMARTS) is 1. The van der Waals surface area contributed by atoms with Crippen LogP contribution < -0.4 is 15.2 Å². The van der Waals surface area contributed by atoms with Crippen LogP contribution in [-0.4, -0.2) is 99.8 Å². The highest BCUT2D eigenvalue weighted by Gasteiger charge is 2.31. The minimum atomic E-state index is -3.79. The smallest absolute Gasteiger partial charge is 0.407 e. The van der Waals surface area contributed by atoms with Crippen LogP contribution in [0, 0.1) is 0 Å². The van der Waals surface area contributed by atoms with E-state index in [1.165, 1.54) is 21.3 Å². The fraction of sp³-hybridized carbons (Fsp3) is 0.458. The van der Waals surface area contributed by atoms with E-state index in [2.05, 4.69) is 4.90 Å². The summed E-state index contributed by atoms with van der Waals surface area (Å²) in [7, 11) is -0.595. The van der Waals surface area contributed by atoms with Gasteiger partial charge in [0.1, 0.15) is 18.1 Å². The predicted molar refractivity (Wildman–Crippen MR) is 132 cm³/mol. The predicted octanol–water partition coefficient (Wildman–Crippen LogP) is 1.56. The van der Waals surface area contributed by atoms with Crippen molar-refractivity contribution in [1.82, 2.24) is 14.1 Å². The molecule has 1 aliphatic rings. The summed E-state index contributed by atoms with van der Waals surface area (Å²) in [6.07, 6.45) is -0.436. The topological polar surface area (TPSA) is 126 Å². The van der Waals surface area contributed by atoms with Crippen molar-refractivity contribution in [1.29, 1.82) is 0 Å². The molecule has 0 bridgehead atoms. The average molecular weight is 507 g/mol. The van der Waals surface area contributed by atoms with E-state index in [9.17, 15) is 18.3 Å². The highest BCUT2D eigenvalue weighted by Crippen LogP contribution is 2.23. The number of amides is 1. The fourth-order valence-electron chi connectivity index (χ4n) is 4.01. The van der Waals surface area contributed by atoms with Gasteiger partial charge in [0.2, 0.25) is 10.0 Å². The molecule has 0 saturated carbocycles. The Hall–Kier alpha value is -2.86. The number of sulfonamides is 1. The monoisotopic (exact) mass is 506 g/mol. The average Bonchev–Trinajstić information content (AvgIpc) is 2.87. The summed E-state index contributed by atoms with van der Waals surface area (Å²) in [5.74, 6) is 1.29. The standard InChI is InChI=1S/C24H34N4O6S/c1-26(35(31,32)23-9-7-22(8-10-23)34-16-11-25)20(17-19-3-5-21(33-2)6-4-19)18-27-12-14-28(15-13-27)24(29)30/h3-10,20H,11-18,25H2,1-2H3,(H,29,30)/t20-/m1/s1. The van der Waals surface area contributed by atoms with E-state index in [-0.39, 0.29) is 10.9 Å². The van der Waals surface area contributed by atoms with Gasteiger partial charge in [-0.1, -0.05) is 12.1 Å². The van der Waals surface area contributed by atoms with Gasteiger partial charge in [-0.25, -0.2) is 13.2 Å². The molecule has 2 aromatic rings. The molecule has 0 unspecified atom stereocenters. The van der Waals surface area contributed by atoms with E-state index >= 15 is 0 Å². The number of nitrogens with zero attached hydrogens (tertiary/aromatic N) is 3. The molecule has 1 heterocycles. The van der Waals surface area contributed by atoms with Gasteiger partial charge in [-0.2, -0.15) is 4.31 Å². The van der Waals surface area contributed by atoms with Crippen LogP contribution in [0.4, 0.5) is 4.79 Å². The molecule has 35 heavy (non-hydrogen) atoms. The van der Waals surface area contributed by atoms with E-state index in [0.717, 1.165) is 11.3 Å². The largest absolute Gasteiger partial charge is 0.497 e. The van der Waals surface area contributed by atoms with Crippen LogP contribution in [0.25, 0.3) is 0 Å². The van der Waals surface area contributed by atoms with Gasteiger partial charge < -0.3 is 25.2 Å². The Kier molecular flexibility index (Phi) is 9.33. The molecular formula is C24H34N4O6S. The molecule has 192 valence electrons. The van der Waals surface area contributed by atoms with Gasteiger partial charge >= 0.3 is 6.09 Å². The summed E-state index contributed by atoms with van der Waals surface area (Å²) in [6.45, 7) is 3.09. The molecule has 0 aliphatic carbocycles. The number of hydrogen-bond acceptors (Lipinski definition) is 7. The quantitative estimate of drug-likeness (QED) is 0.470. The Labute approximate surface area is 206 Å². The van der Waals surface area contributed by atoms with Crippen LogP contribution in [0.15, 0.2) is 53.4 Å². The summed E-state index contributed by atoms with van der Waals surface area (Å²) in [5.41, 5.74) is 6.44. The van der Waals surface area contributed by atoms with E-state index in [0.29, 0.717) is 58.0 Å². The zero-order valence-corrected chi connectivity index (χ0v) is 21.0. The summed E-state index contributed by atoms with van der Waals surface area (Å²) in [4.78, 5) is 14.9. The fourth-order valence-corrected chi connectivity index (χ4v) is 5.35. The van der Waals surface area contributed by atoms with Gasteiger partial charge in [-0.15, -0.1) is 0 Å². The lowest BCUT2D eigenvalue weighted by molar-refractivity contribution is 0.0968. The molecular weight excluding hydrogens is 472 g/mol. The molecule has 1 aliphatic heterocycles. The van der Waals surface area contributed by atoms with E-state index in [1.54, 1.807) is 26.3 Å². The second-order valence-electron chi connectivity index (χ2n) is 8.41. The molecule has 0 spiro atoms. The third-order valence-electron chi connectivity index (χ3n) is 6.14. The van der Waals surface area contributed by atoms with Crippen molar-refractivity contribution in [3.8, 4) is 11.5 Å². The van der Waals surface area contributed by atoms with Crippen molar-refractivity contribution in [2.24, 2.45) is 5.73 Å². The van der Waals surface area contributed by atoms with Crippen LogP contribution in [0.2, 0.25) is 0 Å². The van der Waals surface area contributed by atoms with Gasteiger partial charge in [0, 0.05) is 52.4 Å². The molecule has 11 heteroatoms. The van der Waals surface area contributed by atoms with Crippen LogP contribution in [0.1, 0.15) is 5.56 Å². The number of methoxy groups -OCH3 is 1. The van der Waals surface area contributed by atoms with E-state index in [1.807, 2.05) is 24.3 Å². The zero-order valence-electron chi connectivity index (χ0n) is 20.2. The second kappa shape index (κ2) is 12.2. The molecule has 0 radical (unpaired) electrons. The van der Waals surface area contributed by atoms with Crippen molar-refractivity contribution in [2.75, 3.05) is 60.0 Å². The van der Waals surface area contributed by atoms with Gasteiger partial charge in [0.05, 0.1) is 12.0 Å². The van der Waals surface area contributed by atoms with Crippen molar-refractivity contribution in [2.45, 2.75) is 17.4 Å². The first-order chi connectivity index (χ1) is 16.7. The number of rotatable bonds is 11. The number of benzene rings is 2. The Bertz CT molecular complexity index is 1050. The van der Waals surface area contributed by atoms with Crippen molar-refractivity contribution in [3.63, 3.8) is 0 Å². The lowest BCUT2D eigenvalue weighted by Crippen LogP contribution is -2.53. The zero-order chi connectivity index (χ0) is 25.4. The molecule has 3 rings (SSSR count). The third-order valence-corrected chi connectivity index (χ3v) is 8.07. The van der Waals surface area contributed by atoms with Crippen LogP contribution in [-0.2, 0) is 16.4 Å². The maximum absolute atomic E-state index is 13.5. The number of likely N-dealkylation sites (N-methyl/N-ethyl adjacent to an activating group) is 1. The first-order valence-electron chi connectivity index (χ1n) is 11.5. The van der Waals surface area contributed by atoms with Crippen molar-refractivity contribution in [3.05, 3.63) is 54.1 Å². The minimum absolute atomic E-state index is 0.176. The Morgan fingerprint density at radius 3 is 2.20 bits per heavy atom. The van der Waals surface area contributed by atoms with Gasteiger partial charge in [-0.3, -0.25) is 4.90 Å². The molecule has 10 nitrogen and oxygen atoms in total. The summed E-state index contributed by atoms with van der Waals surface area (Å²) >= 11 is 0. The maximum Gasteiger partial charge on any atom is 0.407 e. The van der Waals surface area contributed by atoms with Crippen molar-refractivity contribution >= 4 is 16.1 Å². The molecule has 2 aromatic carbocycles. The molecule has 1 atom stereocenters. The highest BCUT2D eigenvalue weighted by molar-refractivity contribution is 7.89. The van der Waals surface area contributed by atoms with E-state index < -0.39 is 16.1 Å². The first kappa shape index (κ1) is 26.7. The number of carbonyl (C=O) groups is 1. The lowest BCUT2D eigenvalue weighted by Gasteiger charge is -2.37. The number of ether oxygens (including phenoxy) is 2. The molecule has 1 saturated heterocycles. The number of nitrogens with two attached hydrogens (primary N) is 1. The van der Waals surface area contributed by atoms with Crippen LogP contribution in [0.3, 0.4) is 0 Å².